The molecule has 3 rings (SSSR count). The van der Waals surface area contributed by atoms with Gasteiger partial charge in [-0.15, -0.1) is 0 Å². The summed E-state index contributed by atoms with van der Waals surface area (Å²) >= 11 is 0. The Morgan fingerprint density at radius 2 is 2.11 bits per heavy atom. The predicted octanol–water partition coefficient (Wildman–Crippen LogP) is 2.08. The second kappa shape index (κ2) is 7.81. The van der Waals surface area contributed by atoms with Crippen molar-refractivity contribution in [3.63, 3.8) is 0 Å². The van der Waals surface area contributed by atoms with Crippen LogP contribution < -0.4 is 5.43 Å². The number of non-ortho nitro benzene ring substituents is 1. The van der Waals surface area contributed by atoms with Crippen molar-refractivity contribution in [2.75, 3.05) is 6.54 Å². The van der Waals surface area contributed by atoms with Crippen LogP contribution in [0.3, 0.4) is 0 Å². The van der Waals surface area contributed by atoms with Gasteiger partial charge in [-0.1, -0.05) is 0 Å². The first-order valence-electron chi connectivity index (χ1n) is 8.33. The average molecular weight is 370 g/mol. The lowest BCUT2D eigenvalue weighted by Gasteiger charge is -2.14. The van der Waals surface area contributed by atoms with Gasteiger partial charge in [0.25, 0.3) is 5.69 Å². The maximum absolute atomic E-state index is 12.3. The van der Waals surface area contributed by atoms with E-state index >= 15 is 0 Å². The first-order valence-corrected chi connectivity index (χ1v) is 8.33. The molecule has 1 N–H and O–H groups in total. The number of nitro groups is 1. The Morgan fingerprint density at radius 1 is 1.37 bits per heavy atom. The molecule has 1 aliphatic rings. The number of hydrazone groups is 1. The number of hydrogen-bond donors (Lipinski definition) is 1. The van der Waals surface area contributed by atoms with Crippen LogP contribution in [-0.2, 0) is 16.1 Å². The van der Waals surface area contributed by atoms with E-state index in [0.29, 0.717) is 30.1 Å². The van der Waals surface area contributed by atoms with Crippen LogP contribution in [0.1, 0.15) is 24.7 Å². The molecule has 9 nitrogen and oxygen atoms in total. The molecule has 0 bridgehead atoms. The van der Waals surface area contributed by atoms with Gasteiger partial charge in [0.2, 0.25) is 11.8 Å². The summed E-state index contributed by atoms with van der Waals surface area (Å²) in [6, 6.07) is 9.39. The highest BCUT2D eigenvalue weighted by molar-refractivity contribution is 5.99. The molecule has 0 saturated carbocycles. The molecule has 1 fully saturated rings. The van der Waals surface area contributed by atoms with Crippen molar-refractivity contribution in [2.24, 2.45) is 11.0 Å². The van der Waals surface area contributed by atoms with Crippen molar-refractivity contribution in [3.05, 3.63) is 64.1 Å². The molecule has 1 aromatic heterocycles. The molecule has 1 aromatic carbocycles. The van der Waals surface area contributed by atoms with Gasteiger partial charge in [-0.25, -0.2) is 5.43 Å². The fourth-order valence-corrected chi connectivity index (χ4v) is 2.81. The van der Waals surface area contributed by atoms with Crippen LogP contribution >= 0.6 is 0 Å². The average Bonchev–Trinajstić information content (AvgIpc) is 3.30. The second-order valence-electron chi connectivity index (χ2n) is 6.23. The lowest BCUT2D eigenvalue weighted by atomic mass is 10.1. The SMILES string of the molecule is C/C(=N\NC(=O)C1CC(=O)N(Cc2ccco2)C1)c1ccc([N+](=O)[O-])cc1. The molecule has 1 saturated heterocycles. The minimum absolute atomic E-state index is 0.0169. The summed E-state index contributed by atoms with van der Waals surface area (Å²) in [5.41, 5.74) is 3.62. The van der Waals surface area contributed by atoms with Gasteiger partial charge in [0.1, 0.15) is 5.76 Å². The van der Waals surface area contributed by atoms with Crippen LogP contribution in [0.25, 0.3) is 0 Å². The van der Waals surface area contributed by atoms with Gasteiger partial charge >= 0.3 is 0 Å². The van der Waals surface area contributed by atoms with Gasteiger partial charge in [-0.05, 0) is 36.8 Å². The third-order valence-electron chi connectivity index (χ3n) is 4.34. The normalized spacial score (nSPS) is 17.2. The smallest absolute Gasteiger partial charge is 0.269 e. The fourth-order valence-electron chi connectivity index (χ4n) is 2.81. The summed E-state index contributed by atoms with van der Waals surface area (Å²) in [5, 5.41) is 14.7. The Balaban J connectivity index is 1.57. The first-order chi connectivity index (χ1) is 12.9. The third kappa shape index (κ3) is 4.38. The van der Waals surface area contributed by atoms with Crippen LogP contribution in [-0.4, -0.2) is 33.9 Å². The van der Waals surface area contributed by atoms with E-state index in [4.69, 9.17) is 4.42 Å². The van der Waals surface area contributed by atoms with Crippen LogP contribution in [0, 0.1) is 16.0 Å². The number of nitro benzene ring substituents is 1. The standard InChI is InChI=1S/C18H18N4O5/c1-12(13-4-6-15(7-5-13)22(25)26)19-20-18(24)14-9-17(23)21(10-14)11-16-3-2-8-27-16/h2-8,14H,9-11H2,1H3,(H,20,24)/b19-12+. The molecule has 9 heteroatoms. The van der Waals surface area contributed by atoms with E-state index < -0.39 is 10.8 Å². The first kappa shape index (κ1) is 18.3. The quantitative estimate of drug-likeness (QED) is 0.474. The lowest BCUT2D eigenvalue weighted by Crippen LogP contribution is -2.30. The molecule has 1 aliphatic heterocycles. The number of carbonyl (C=O) groups excluding carboxylic acids is 2. The highest BCUT2D eigenvalue weighted by Gasteiger charge is 2.34. The second-order valence-corrected chi connectivity index (χ2v) is 6.23. The van der Waals surface area contributed by atoms with Gasteiger partial charge in [-0.3, -0.25) is 19.7 Å². The zero-order valence-electron chi connectivity index (χ0n) is 14.6. The number of nitrogens with zero attached hydrogens (tertiary/aromatic N) is 3. The van der Waals surface area contributed by atoms with E-state index in [2.05, 4.69) is 10.5 Å². The van der Waals surface area contributed by atoms with E-state index in [1.165, 1.54) is 18.4 Å². The summed E-state index contributed by atoms with van der Waals surface area (Å²) < 4.78 is 5.23. The van der Waals surface area contributed by atoms with Crippen molar-refractivity contribution < 1.29 is 18.9 Å². The van der Waals surface area contributed by atoms with Crippen LogP contribution in [0.5, 0.6) is 0 Å². The predicted molar refractivity (Wildman–Crippen MR) is 95.7 cm³/mol. The topological polar surface area (TPSA) is 118 Å². The summed E-state index contributed by atoms with van der Waals surface area (Å²) in [6.07, 6.45) is 1.66. The molecule has 1 unspecified atom stereocenters. The summed E-state index contributed by atoms with van der Waals surface area (Å²) in [4.78, 5) is 36.2. The number of likely N-dealkylation sites (tertiary alicyclic amines) is 1. The molecule has 0 aliphatic carbocycles. The summed E-state index contributed by atoms with van der Waals surface area (Å²) in [6.45, 7) is 2.32. The summed E-state index contributed by atoms with van der Waals surface area (Å²) in [5.74, 6) is -0.272. The van der Waals surface area contributed by atoms with Crippen molar-refractivity contribution >= 4 is 23.2 Å². The molecule has 140 valence electrons. The zero-order chi connectivity index (χ0) is 19.4. The van der Waals surface area contributed by atoms with Crippen LogP contribution in [0.15, 0.2) is 52.2 Å². The van der Waals surface area contributed by atoms with E-state index in [-0.39, 0.29) is 23.9 Å². The third-order valence-corrected chi connectivity index (χ3v) is 4.34. The van der Waals surface area contributed by atoms with Gasteiger partial charge in [0.05, 0.1) is 29.4 Å². The van der Waals surface area contributed by atoms with Crippen LogP contribution in [0.2, 0.25) is 0 Å². The molecular formula is C18H18N4O5. The Morgan fingerprint density at radius 3 is 2.74 bits per heavy atom. The van der Waals surface area contributed by atoms with Gasteiger partial charge < -0.3 is 9.32 Å². The Labute approximate surface area is 154 Å². The van der Waals surface area contributed by atoms with Gasteiger partial charge in [0.15, 0.2) is 0 Å². The van der Waals surface area contributed by atoms with Gasteiger partial charge in [-0.2, -0.15) is 5.10 Å². The van der Waals surface area contributed by atoms with E-state index in [0.717, 1.165) is 0 Å². The monoisotopic (exact) mass is 370 g/mol. The molecule has 0 spiro atoms. The van der Waals surface area contributed by atoms with E-state index in [1.54, 1.807) is 36.1 Å². The molecule has 1 atom stereocenters. The largest absolute Gasteiger partial charge is 0.467 e. The molecular weight excluding hydrogens is 352 g/mol. The molecule has 2 heterocycles. The number of furan rings is 1. The maximum atomic E-state index is 12.3. The lowest BCUT2D eigenvalue weighted by molar-refractivity contribution is -0.384. The highest BCUT2D eigenvalue weighted by atomic mass is 16.6. The number of rotatable bonds is 6. The molecule has 2 amide bonds. The number of nitrogens with one attached hydrogen (secondary N) is 1. The van der Waals surface area contributed by atoms with E-state index in [1.807, 2.05) is 0 Å². The molecule has 2 aromatic rings. The Bertz CT molecular complexity index is 874. The minimum atomic E-state index is -0.485. The number of amides is 2. The zero-order valence-corrected chi connectivity index (χ0v) is 14.6. The van der Waals surface area contributed by atoms with Crippen molar-refractivity contribution in [2.45, 2.75) is 19.9 Å². The van der Waals surface area contributed by atoms with Crippen molar-refractivity contribution in [3.8, 4) is 0 Å². The van der Waals surface area contributed by atoms with Crippen molar-refractivity contribution in [1.82, 2.24) is 10.3 Å². The van der Waals surface area contributed by atoms with Crippen LogP contribution in [0.4, 0.5) is 5.69 Å². The maximum Gasteiger partial charge on any atom is 0.269 e. The Kier molecular flexibility index (Phi) is 5.30. The van der Waals surface area contributed by atoms with E-state index in [9.17, 15) is 19.7 Å². The Hall–Kier alpha value is -3.49. The molecule has 0 radical (unpaired) electrons. The number of benzene rings is 1. The highest BCUT2D eigenvalue weighted by Crippen LogP contribution is 2.20. The fraction of sp³-hybridized carbons (Fsp3) is 0.278. The van der Waals surface area contributed by atoms with Gasteiger partial charge in [0, 0.05) is 25.1 Å². The van der Waals surface area contributed by atoms with Crippen molar-refractivity contribution in [1.29, 1.82) is 0 Å². The summed E-state index contributed by atoms with van der Waals surface area (Å²) in [7, 11) is 0. The number of carbonyl (C=O) groups is 2. The minimum Gasteiger partial charge on any atom is -0.467 e. The molecule has 27 heavy (non-hydrogen) atoms. The number of hydrogen-bond acceptors (Lipinski definition) is 6.